The second-order valence-corrected chi connectivity index (χ2v) is 5.83. The van der Waals surface area contributed by atoms with E-state index in [0.717, 1.165) is 12.6 Å². The van der Waals surface area contributed by atoms with E-state index in [2.05, 4.69) is 18.7 Å². The molecule has 2 fully saturated rings. The Kier molecular flexibility index (Phi) is 2.85. The fourth-order valence-electron chi connectivity index (χ4n) is 3.27. The van der Waals surface area contributed by atoms with E-state index in [4.69, 9.17) is 5.73 Å². The lowest BCUT2D eigenvalue weighted by Gasteiger charge is -2.30. The standard InChI is InChI=1S/C12H24N2/c1-12(2)6-5-10(8-12)14-7-3-4-11(14)9-13/h10-11H,3-9,13H2,1-2H3. The zero-order chi connectivity index (χ0) is 10.2. The van der Waals surface area contributed by atoms with Gasteiger partial charge in [0.25, 0.3) is 0 Å². The van der Waals surface area contributed by atoms with E-state index in [1.165, 1.54) is 38.6 Å². The molecule has 0 aromatic rings. The third-order valence-corrected chi connectivity index (χ3v) is 4.11. The number of nitrogens with two attached hydrogens (primary N) is 1. The molecule has 0 spiro atoms. The van der Waals surface area contributed by atoms with Gasteiger partial charge in [-0.15, -0.1) is 0 Å². The van der Waals surface area contributed by atoms with Crippen LogP contribution in [-0.4, -0.2) is 30.1 Å². The molecule has 1 aliphatic carbocycles. The fourth-order valence-corrected chi connectivity index (χ4v) is 3.27. The highest BCUT2D eigenvalue weighted by molar-refractivity contribution is 4.93. The van der Waals surface area contributed by atoms with E-state index in [9.17, 15) is 0 Å². The molecule has 1 aliphatic heterocycles. The maximum atomic E-state index is 5.82. The normalized spacial score (nSPS) is 37.9. The number of likely N-dealkylation sites (tertiary alicyclic amines) is 1. The van der Waals surface area contributed by atoms with Crippen LogP contribution in [0, 0.1) is 5.41 Å². The van der Waals surface area contributed by atoms with Crippen molar-refractivity contribution >= 4 is 0 Å². The van der Waals surface area contributed by atoms with Gasteiger partial charge >= 0.3 is 0 Å². The van der Waals surface area contributed by atoms with Crippen molar-refractivity contribution in [2.24, 2.45) is 11.1 Å². The zero-order valence-corrected chi connectivity index (χ0v) is 9.63. The lowest BCUT2D eigenvalue weighted by Crippen LogP contribution is -2.41. The van der Waals surface area contributed by atoms with Crippen LogP contribution in [0.2, 0.25) is 0 Å². The molecule has 1 heterocycles. The SMILES string of the molecule is CC1(C)CCC(N2CCCC2CN)C1. The van der Waals surface area contributed by atoms with Crippen LogP contribution in [0.15, 0.2) is 0 Å². The van der Waals surface area contributed by atoms with Gasteiger partial charge in [0.15, 0.2) is 0 Å². The minimum absolute atomic E-state index is 0.576. The third kappa shape index (κ3) is 1.96. The first-order chi connectivity index (χ1) is 6.62. The lowest BCUT2D eigenvalue weighted by molar-refractivity contribution is 0.174. The Morgan fingerprint density at radius 3 is 2.71 bits per heavy atom. The number of hydrogen-bond donors (Lipinski definition) is 1. The first-order valence-electron chi connectivity index (χ1n) is 6.08. The molecule has 82 valence electrons. The summed E-state index contributed by atoms with van der Waals surface area (Å²) < 4.78 is 0. The molecule has 2 nitrogen and oxygen atoms in total. The van der Waals surface area contributed by atoms with Crippen LogP contribution in [0.5, 0.6) is 0 Å². The van der Waals surface area contributed by atoms with Crippen molar-refractivity contribution in [2.45, 2.75) is 58.0 Å². The minimum Gasteiger partial charge on any atom is -0.329 e. The maximum Gasteiger partial charge on any atom is 0.0221 e. The second kappa shape index (κ2) is 3.82. The maximum absolute atomic E-state index is 5.82. The highest BCUT2D eigenvalue weighted by atomic mass is 15.2. The first-order valence-corrected chi connectivity index (χ1v) is 6.08. The molecule has 0 aromatic heterocycles. The third-order valence-electron chi connectivity index (χ3n) is 4.11. The van der Waals surface area contributed by atoms with Gasteiger partial charge in [0.1, 0.15) is 0 Å². The lowest BCUT2D eigenvalue weighted by atomic mass is 9.91. The molecular formula is C12H24N2. The fraction of sp³-hybridized carbons (Fsp3) is 1.00. The quantitative estimate of drug-likeness (QED) is 0.732. The molecule has 0 bridgehead atoms. The predicted molar refractivity (Wildman–Crippen MR) is 60.2 cm³/mol. The Morgan fingerprint density at radius 2 is 2.14 bits per heavy atom. The summed E-state index contributed by atoms with van der Waals surface area (Å²) >= 11 is 0. The highest BCUT2D eigenvalue weighted by Crippen LogP contribution is 2.41. The van der Waals surface area contributed by atoms with Crippen LogP contribution >= 0.6 is 0 Å². The predicted octanol–water partition coefficient (Wildman–Crippen LogP) is 1.99. The van der Waals surface area contributed by atoms with Crippen molar-refractivity contribution in [3.05, 3.63) is 0 Å². The number of nitrogens with zero attached hydrogens (tertiary/aromatic N) is 1. The van der Waals surface area contributed by atoms with Gasteiger partial charge in [0.05, 0.1) is 0 Å². The van der Waals surface area contributed by atoms with Gasteiger partial charge in [-0.25, -0.2) is 0 Å². The summed E-state index contributed by atoms with van der Waals surface area (Å²) in [5.74, 6) is 0. The van der Waals surface area contributed by atoms with Crippen molar-refractivity contribution in [1.29, 1.82) is 0 Å². The van der Waals surface area contributed by atoms with Crippen molar-refractivity contribution in [2.75, 3.05) is 13.1 Å². The molecule has 2 N–H and O–H groups in total. The van der Waals surface area contributed by atoms with Crippen molar-refractivity contribution in [3.8, 4) is 0 Å². The molecular weight excluding hydrogens is 172 g/mol. The minimum atomic E-state index is 0.576. The van der Waals surface area contributed by atoms with Gasteiger partial charge < -0.3 is 5.73 Å². The Morgan fingerprint density at radius 1 is 1.36 bits per heavy atom. The zero-order valence-electron chi connectivity index (χ0n) is 9.63. The molecule has 2 unspecified atom stereocenters. The van der Waals surface area contributed by atoms with Gasteiger partial charge in [-0.05, 0) is 44.1 Å². The average Bonchev–Trinajstić information content (AvgIpc) is 2.70. The van der Waals surface area contributed by atoms with Crippen LogP contribution in [0.4, 0.5) is 0 Å². The molecule has 1 saturated heterocycles. The van der Waals surface area contributed by atoms with Gasteiger partial charge in [0.2, 0.25) is 0 Å². The molecule has 1 saturated carbocycles. The van der Waals surface area contributed by atoms with Crippen molar-refractivity contribution < 1.29 is 0 Å². The van der Waals surface area contributed by atoms with E-state index in [-0.39, 0.29) is 0 Å². The topological polar surface area (TPSA) is 29.3 Å². The first kappa shape index (κ1) is 10.4. The Labute approximate surface area is 87.8 Å². The number of rotatable bonds is 2. The summed E-state index contributed by atoms with van der Waals surface area (Å²) in [5.41, 5.74) is 6.39. The molecule has 2 rings (SSSR count). The Bertz CT molecular complexity index is 200. The summed E-state index contributed by atoms with van der Waals surface area (Å²) in [7, 11) is 0. The molecule has 14 heavy (non-hydrogen) atoms. The summed E-state index contributed by atoms with van der Waals surface area (Å²) in [4.78, 5) is 2.69. The van der Waals surface area contributed by atoms with Crippen LogP contribution < -0.4 is 5.73 Å². The van der Waals surface area contributed by atoms with E-state index in [0.29, 0.717) is 11.5 Å². The van der Waals surface area contributed by atoms with Crippen molar-refractivity contribution in [3.63, 3.8) is 0 Å². The highest BCUT2D eigenvalue weighted by Gasteiger charge is 2.38. The summed E-state index contributed by atoms with van der Waals surface area (Å²) in [6.45, 7) is 6.96. The van der Waals surface area contributed by atoms with Crippen molar-refractivity contribution in [1.82, 2.24) is 4.90 Å². The largest absolute Gasteiger partial charge is 0.329 e. The molecule has 0 radical (unpaired) electrons. The summed E-state index contributed by atoms with van der Waals surface area (Å²) in [6, 6.07) is 1.52. The molecule has 2 aliphatic rings. The second-order valence-electron chi connectivity index (χ2n) is 5.83. The van der Waals surface area contributed by atoms with Gasteiger partial charge in [-0.2, -0.15) is 0 Å². The molecule has 2 heteroatoms. The van der Waals surface area contributed by atoms with Crippen LogP contribution in [0.25, 0.3) is 0 Å². The van der Waals surface area contributed by atoms with Crippen LogP contribution in [0.3, 0.4) is 0 Å². The van der Waals surface area contributed by atoms with Crippen LogP contribution in [-0.2, 0) is 0 Å². The van der Waals surface area contributed by atoms with E-state index in [1.54, 1.807) is 0 Å². The monoisotopic (exact) mass is 196 g/mol. The molecule has 2 atom stereocenters. The Balaban J connectivity index is 1.95. The van der Waals surface area contributed by atoms with E-state index < -0.39 is 0 Å². The summed E-state index contributed by atoms with van der Waals surface area (Å²) in [5, 5.41) is 0. The van der Waals surface area contributed by atoms with Gasteiger partial charge in [-0.1, -0.05) is 13.8 Å². The van der Waals surface area contributed by atoms with E-state index >= 15 is 0 Å². The van der Waals surface area contributed by atoms with E-state index in [1.807, 2.05) is 0 Å². The van der Waals surface area contributed by atoms with Crippen LogP contribution in [0.1, 0.15) is 46.0 Å². The smallest absolute Gasteiger partial charge is 0.0221 e. The average molecular weight is 196 g/mol. The Hall–Kier alpha value is -0.0800. The summed E-state index contributed by atoms with van der Waals surface area (Å²) in [6.07, 6.45) is 6.85. The molecule has 0 amide bonds. The number of hydrogen-bond acceptors (Lipinski definition) is 2. The van der Waals surface area contributed by atoms with Gasteiger partial charge in [0, 0.05) is 18.6 Å². The van der Waals surface area contributed by atoms with Gasteiger partial charge in [-0.3, -0.25) is 4.90 Å². The molecule has 0 aromatic carbocycles.